The van der Waals surface area contributed by atoms with Gasteiger partial charge in [0, 0.05) is 26.7 Å². The molecule has 0 atom stereocenters. The van der Waals surface area contributed by atoms with Gasteiger partial charge in [0.2, 0.25) is 5.91 Å². The molecule has 3 heteroatoms. The van der Waals surface area contributed by atoms with Crippen molar-refractivity contribution < 1.29 is 9.53 Å². The zero-order valence-corrected chi connectivity index (χ0v) is 14.8. The van der Waals surface area contributed by atoms with E-state index in [9.17, 15) is 4.79 Å². The number of ether oxygens (including phenoxy) is 1. The van der Waals surface area contributed by atoms with Crippen LogP contribution >= 0.6 is 0 Å². The molecule has 0 unspecified atom stereocenters. The first-order valence-corrected chi connectivity index (χ1v) is 8.07. The zero-order valence-electron chi connectivity index (χ0n) is 14.8. The highest BCUT2D eigenvalue weighted by molar-refractivity contribution is 5.75. The molecule has 0 heterocycles. The van der Waals surface area contributed by atoms with Crippen LogP contribution in [0.25, 0.3) is 0 Å². The molecule has 0 aliphatic carbocycles. The van der Waals surface area contributed by atoms with Crippen molar-refractivity contribution in [3.63, 3.8) is 0 Å². The first-order chi connectivity index (χ1) is 9.31. The summed E-state index contributed by atoms with van der Waals surface area (Å²) in [6.45, 7) is 15.6. The second-order valence-corrected chi connectivity index (χ2v) is 3.15. The molecular weight excluding hydrogens is 238 g/mol. The Labute approximate surface area is 122 Å². The molecule has 0 bridgehead atoms. The molecule has 19 heavy (non-hydrogen) atoms. The Balaban J connectivity index is -0.000000163. The number of nitrogens with one attached hydrogen (secondary N) is 1. The van der Waals surface area contributed by atoms with Crippen molar-refractivity contribution in [3.8, 4) is 0 Å². The van der Waals surface area contributed by atoms with E-state index in [-0.39, 0.29) is 5.91 Å². The van der Waals surface area contributed by atoms with Gasteiger partial charge in [-0.2, -0.15) is 0 Å². The molecule has 0 saturated heterocycles. The quantitative estimate of drug-likeness (QED) is 0.647. The second-order valence-electron chi connectivity index (χ2n) is 3.15. The van der Waals surface area contributed by atoms with E-state index in [0.29, 0.717) is 13.0 Å². The smallest absolute Gasteiger partial charge is 0.220 e. The Hall–Kier alpha value is -0.570. The molecule has 0 aromatic heterocycles. The van der Waals surface area contributed by atoms with E-state index in [1.54, 1.807) is 7.11 Å². The van der Waals surface area contributed by atoms with Gasteiger partial charge in [-0.15, -0.1) is 0 Å². The highest BCUT2D eigenvalue weighted by Crippen LogP contribution is 1.93. The number of carbonyl (C=O) groups is 1. The maximum atomic E-state index is 11.1. The van der Waals surface area contributed by atoms with Gasteiger partial charge in [0.15, 0.2) is 0 Å². The highest BCUT2D eigenvalue weighted by atomic mass is 16.5. The summed E-state index contributed by atoms with van der Waals surface area (Å²) in [6.07, 6.45) is 4.88. The minimum absolute atomic E-state index is 0.146. The minimum atomic E-state index is 0.146. The molecule has 120 valence electrons. The number of carbonyl (C=O) groups excluding carboxylic acids is 1. The number of hydrogen-bond acceptors (Lipinski definition) is 2. The van der Waals surface area contributed by atoms with Crippen LogP contribution in [-0.4, -0.2) is 26.2 Å². The number of hydrogen-bond donors (Lipinski definition) is 1. The van der Waals surface area contributed by atoms with Gasteiger partial charge in [-0.3, -0.25) is 4.79 Å². The van der Waals surface area contributed by atoms with Crippen LogP contribution in [0.5, 0.6) is 0 Å². The molecule has 0 aliphatic rings. The predicted octanol–water partition coefficient (Wildman–Crippen LogP) is 4.80. The van der Waals surface area contributed by atoms with E-state index in [1.807, 2.05) is 41.5 Å². The van der Waals surface area contributed by atoms with Gasteiger partial charge >= 0.3 is 0 Å². The summed E-state index contributed by atoms with van der Waals surface area (Å²) in [4.78, 5) is 11.1. The van der Waals surface area contributed by atoms with Crippen molar-refractivity contribution in [2.75, 3.05) is 20.3 Å². The Kier molecular flexibility index (Phi) is 51.0. The summed E-state index contributed by atoms with van der Waals surface area (Å²) >= 11 is 0. The first kappa shape index (κ1) is 26.9. The minimum Gasteiger partial charge on any atom is -0.385 e. The standard InChI is InChI=1S/C10H21NO2.3C2H6/c1-3-4-5-8-11-10(12)7-6-9-13-2;3*1-2/h3-9H2,1-2H3,(H,11,12);3*1-2H3. The van der Waals surface area contributed by atoms with Gasteiger partial charge in [0.1, 0.15) is 0 Å². The fourth-order valence-corrected chi connectivity index (χ4v) is 1.07. The van der Waals surface area contributed by atoms with Crippen LogP contribution in [0.3, 0.4) is 0 Å². The van der Waals surface area contributed by atoms with Crippen LogP contribution in [0.15, 0.2) is 0 Å². The van der Waals surface area contributed by atoms with Gasteiger partial charge in [-0.25, -0.2) is 0 Å². The van der Waals surface area contributed by atoms with E-state index < -0.39 is 0 Å². The topological polar surface area (TPSA) is 38.3 Å². The third kappa shape index (κ3) is 38.1. The molecule has 3 nitrogen and oxygen atoms in total. The van der Waals surface area contributed by atoms with Crippen LogP contribution in [0.1, 0.15) is 80.6 Å². The molecule has 0 spiro atoms. The average molecular weight is 277 g/mol. The average Bonchev–Trinajstić information content (AvgIpc) is 2.50. The van der Waals surface area contributed by atoms with Gasteiger partial charge in [-0.1, -0.05) is 61.3 Å². The number of amides is 1. The molecular formula is C16H39NO2. The summed E-state index contributed by atoms with van der Waals surface area (Å²) in [5, 5.41) is 2.88. The lowest BCUT2D eigenvalue weighted by Crippen LogP contribution is -2.24. The SMILES string of the molecule is CC.CC.CC.CCCCCNC(=O)CCCOC. The molecule has 1 N–H and O–H groups in total. The monoisotopic (exact) mass is 277 g/mol. The fourth-order valence-electron chi connectivity index (χ4n) is 1.07. The van der Waals surface area contributed by atoms with E-state index in [1.165, 1.54) is 12.8 Å². The van der Waals surface area contributed by atoms with E-state index in [4.69, 9.17) is 4.74 Å². The fraction of sp³-hybridized carbons (Fsp3) is 0.938. The van der Waals surface area contributed by atoms with E-state index in [0.717, 1.165) is 19.4 Å². The van der Waals surface area contributed by atoms with Gasteiger partial charge in [0.25, 0.3) is 0 Å². The summed E-state index contributed by atoms with van der Waals surface area (Å²) in [5.74, 6) is 0.146. The Morgan fingerprint density at radius 1 is 0.947 bits per heavy atom. The molecule has 0 radical (unpaired) electrons. The summed E-state index contributed by atoms with van der Waals surface area (Å²) in [7, 11) is 1.65. The normalized spacial score (nSPS) is 7.79. The van der Waals surface area contributed by atoms with E-state index in [2.05, 4.69) is 12.2 Å². The second kappa shape index (κ2) is 36.0. The maximum absolute atomic E-state index is 11.1. The molecule has 0 saturated carbocycles. The maximum Gasteiger partial charge on any atom is 0.220 e. The van der Waals surface area contributed by atoms with Crippen LogP contribution in [0.2, 0.25) is 0 Å². The summed E-state index contributed by atoms with van der Waals surface area (Å²) in [6, 6.07) is 0. The zero-order chi connectivity index (χ0) is 15.9. The third-order valence-corrected chi connectivity index (χ3v) is 1.85. The van der Waals surface area contributed by atoms with Gasteiger partial charge in [0.05, 0.1) is 0 Å². The molecule has 0 aliphatic heterocycles. The van der Waals surface area contributed by atoms with Crippen LogP contribution in [0, 0.1) is 0 Å². The first-order valence-electron chi connectivity index (χ1n) is 8.07. The number of methoxy groups -OCH3 is 1. The Morgan fingerprint density at radius 2 is 1.47 bits per heavy atom. The lowest BCUT2D eigenvalue weighted by Gasteiger charge is -2.03. The Bertz CT molecular complexity index is 128. The van der Waals surface area contributed by atoms with Gasteiger partial charge < -0.3 is 10.1 Å². The molecule has 0 fully saturated rings. The molecule has 0 aromatic rings. The largest absolute Gasteiger partial charge is 0.385 e. The van der Waals surface area contributed by atoms with Crippen molar-refractivity contribution in [1.82, 2.24) is 5.32 Å². The summed E-state index contributed by atoms with van der Waals surface area (Å²) in [5.41, 5.74) is 0. The predicted molar refractivity (Wildman–Crippen MR) is 87.7 cm³/mol. The van der Waals surface area contributed by atoms with Crippen molar-refractivity contribution in [1.29, 1.82) is 0 Å². The third-order valence-electron chi connectivity index (χ3n) is 1.85. The number of rotatable bonds is 8. The highest BCUT2D eigenvalue weighted by Gasteiger charge is 1.98. The van der Waals surface area contributed by atoms with Crippen molar-refractivity contribution >= 4 is 5.91 Å². The van der Waals surface area contributed by atoms with Crippen molar-refractivity contribution in [2.45, 2.75) is 80.6 Å². The van der Waals surface area contributed by atoms with Crippen LogP contribution in [0.4, 0.5) is 0 Å². The van der Waals surface area contributed by atoms with Crippen molar-refractivity contribution in [3.05, 3.63) is 0 Å². The lowest BCUT2D eigenvalue weighted by atomic mass is 10.2. The van der Waals surface area contributed by atoms with Crippen LogP contribution in [-0.2, 0) is 9.53 Å². The van der Waals surface area contributed by atoms with Crippen molar-refractivity contribution in [2.24, 2.45) is 0 Å². The van der Waals surface area contributed by atoms with Crippen LogP contribution < -0.4 is 5.32 Å². The molecule has 0 aromatic carbocycles. The van der Waals surface area contributed by atoms with E-state index >= 15 is 0 Å². The Morgan fingerprint density at radius 3 is 1.89 bits per heavy atom. The van der Waals surface area contributed by atoms with Gasteiger partial charge in [-0.05, 0) is 12.8 Å². The number of unbranched alkanes of at least 4 members (excludes halogenated alkanes) is 2. The molecule has 0 rings (SSSR count). The summed E-state index contributed by atoms with van der Waals surface area (Å²) < 4.78 is 4.86. The molecule has 1 amide bonds. The lowest BCUT2D eigenvalue weighted by molar-refractivity contribution is -0.121.